The molecular weight excluding hydrogens is 254 g/mol. The summed E-state index contributed by atoms with van der Waals surface area (Å²) < 4.78 is 0. The van der Waals surface area contributed by atoms with E-state index >= 15 is 0 Å². The third-order valence-corrected chi connectivity index (χ3v) is 2.98. The first-order valence-corrected chi connectivity index (χ1v) is 6.01. The van der Waals surface area contributed by atoms with Crippen LogP contribution in [0.2, 0.25) is 5.02 Å². The molecule has 0 bridgehead atoms. The van der Waals surface area contributed by atoms with Gasteiger partial charge in [-0.25, -0.2) is 4.79 Å². The van der Waals surface area contributed by atoms with Gasteiger partial charge in [-0.1, -0.05) is 17.7 Å². The number of urea groups is 1. The molecule has 0 atom stereocenters. The van der Waals surface area contributed by atoms with Gasteiger partial charge in [-0.15, -0.1) is 0 Å². The number of nitrogens with zero attached hydrogens (tertiary/aromatic N) is 1. The molecule has 0 saturated carbocycles. The summed E-state index contributed by atoms with van der Waals surface area (Å²) in [6.45, 7) is 2.65. The van der Waals surface area contributed by atoms with Crippen LogP contribution in [0.15, 0.2) is 24.3 Å². The van der Waals surface area contributed by atoms with Crippen molar-refractivity contribution >= 4 is 29.2 Å². The largest absolute Gasteiger partial charge is 0.339 e. The van der Waals surface area contributed by atoms with E-state index in [1.165, 1.54) is 6.92 Å². The molecule has 3 amide bonds. The molecule has 2 rings (SSSR count). The highest BCUT2D eigenvalue weighted by Crippen LogP contribution is 2.15. The Bertz CT molecular complexity index is 472. The topological polar surface area (TPSA) is 61.4 Å². The molecule has 0 radical (unpaired) electrons. The van der Waals surface area contributed by atoms with Crippen molar-refractivity contribution in [1.29, 1.82) is 0 Å². The van der Waals surface area contributed by atoms with E-state index in [0.717, 1.165) is 0 Å². The number of carbonyl (C=O) groups excluding carboxylic acids is 2. The quantitative estimate of drug-likeness (QED) is 0.857. The maximum Gasteiger partial charge on any atom is 0.319 e. The molecule has 2 N–H and O–H groups in total. The monoisotopic (exact) mass is 267 g/mol. The molecule has 1 aliphatic heterocycles. The van der Waals surface area contributed by atoms with Gasteiger partial charge in [-0.05, 0) is 18.2 Å². The van der Waals surface area contributed by atoms with Gasteiger partial charge < -0.3 is 15.5 Å². The van der Waals surface area contributed by atoms with Gasteiger partial charge in [0.15, 0.2) is 0 Å². The minimum Gasteiger partial charge on any atom is -0.339 e. The lowest BCUT2D eigenvalue weighted by Crippen LogP contribution is -2.61. The van der Waals surface area contributed by atoms with Gasteiger partial charge in [0.25, 0.3) is 0 Å². The van der Waals surface area contributed by atoms with Crippen molar-refractivity contribution in [2.45, 2.75) is 13.0 Å². The predicted molar refractivity (Wildman–Crippen MR) is 69.6 cm³/mol. The van der Waals surface area contributed by atoms with Crippen LogP contribution < -0.4 is 10.6 Å². The fourth-order valence-corrected chi connectivity index (χ4v) is 1.94. The fourth-order valence-electron chi connectivity index (χ4n) is 1.75. The standard InChI is InChI=1S/C12H14ClN3O2/c1-8(17)16-6-11(7-16)15-12(18)14-10-4-2-3-9(13)5-10/h2-5,11H,6-7H2,1H3,(H2,14,15,18). The summed E-state index contributed by atoms with van der Waals surface area (Å²) in [6.07, 6.45) is 0. The van der Waals surface area contributed by atoms with Crippen molar-refractivity contribution in [3.63, 3.8) is 0 Å². The average molecular weight is 268 g/mol. The Hall–Kier alpha value is -1.75. The van der Waals surface area contributed by atoms with Crippen LogP contribution in [0.25, 0.3) is 0 Å². The number of hydrogen-bond donors (Lipinski definition) is 2. The molecule has 0 unspecified atom stereocenters. The van der Waals surface area contributed by atoms with Crippen LogP contribution in [0.1, 0.15) is 6.92 Å². The summed E-state index contributed by atoms with van der Waals surface area (Å²) in [6, 6.07) is 6.66. The molecule has 1 aromatic carbocycles. The van der Waals surface area contributed by atoms with E-state index < -0.39 is 0 Å². The zero-order valence-corrected chi connectivity index (χ0v) is 10.7. The number of likely N-dealkylation sites (tertiary alicyclic amines) is 1. The average Bonchev–Trinajstić information content (AvgIpc) is 2.22. The number of benzene rings is 1. The van der Waals surface area contributed by atoms with Crippen LogP contribution in [0, 0.1) is 0 Å². The highest BCUT2D eigenvalue weighted by Gasteiger charge is 2.29. The molecule has 1 heterocycles. The Balaban J connectivity index is 1.78. The van der Waals surface area contributed by atoms with Gasteiger partial charge in [0, 0.05) is 30.7 Å². The Morgan fingerprint density at radius 3 is 2.72 bits per heavy atom. The fraction of sp³-hybridized carbons (Fsp3) is 0.333. The van der Waals surface area contributed by atoms with E-state index in [2.05, 4.69) is 10.6 Å². The first-order chi connectivity index (χ1) is 8.54. The van der Waals surface area contributed by atoms with Crippen LogP contribution >= 0.6 is 11.6 Å². The second-order valence-corrected chi connectivity index (χ2v) is 4.67. The molecule has 96 valence electrons. The second kappa shape index (κ2) is 5.27. The summed E-state index contributed by atoms with van der Waals surface area (Å²) in [5, 5.41) is 6.04. The SMILES string of the molecule is CC(=O)N1CC(NC(=O)Nc2cccc(Cl)c2)C1. The van der Waals surface area contributed by atoms with Crippen molar-refractivity contribution in [2.24, 2.45) is 0 Å². The Morgan fingerprint density at radius 2 is 2.11 bits per heavy atom. The van der Waals surface area contributed by atoms with Crippen LogP contribution in [-0.4, -0.2) is 36.0 Å². The van der Waals surface area contributed by atoms with E-state index in [4.69, 9.17) is 11.6 Å². The number of rotatable bonds is 2. The van der Waals surface area contributed by atoms with Crippen molar-refractivity contribution in [2.75, 3.05) is 18.4 Å². The highest BCUT2D eigenvalue weighted by atomic mass is 35.5. The van der Waals surface area contributed by atoms with Crippen LogP contribution in [0.5, 0.6) is 0 Å². The van der Waals surface area contributed by atoms with Gasteiger partial charge in [0.1, 0.15) is 0 Å². The van der Waals surface area contributed by atoms with E-state index in [0.29, 0.717) is 23.8 Å². The van der Waals surface area contributed by atoms with E-state index in [9.17, 15) is 9.59 Å². The number of amides is 3. The first-order valence-electron chi connectivity index (χ1n) is 5.63. The van der Waals surface area contributed by atoms with Crippen LogP contribution in [-0.2, 0) is 4.79 Å². The third-order valence-electron chi connectivity index (χ3n) is 2.74. The molecule has 0 aromatic heterocycles. The van der Waals surface area contributed by atoms with Crippen molar-refractivity contribution in [3.8, 4) is 0 Å². The van der Waals surface area contributed by atoms with Crippen molar-refractivity contribution in [1.82, 2.24) is 10.2 Å². The smallest absolute Gasteiger partial charge is 0.319 e. The number of hydrogen-bond acceptors (Lipinski definition) is 2. The van der Waals surface area contributed by atoms with Crippen LogP contribution in [0.4, 0.5) is 10.5 Å². The zero-order chi connectivity index (χ0) is 13.1. The van der Waals surface area contributed by atoms with Gasteiger partial charge in [0.2, 0.25) is 5.91 Å². The third kappa shape index (κ3) is 3.13. The lowest BCUT2D eigenvalue weighted by Gasteiger charge is -2.38. The normalized spacial score (nSPS) is 14.9. The molecule has 1 saturated heterocycles. The van der Waals surface area contributed by atoms with E-state index in [1.807, 2.05) is 0 Å². The van der Waals surface area contributed by atoms with Gasteiger partial charge >= 0.3 is 6.03 Å². The van der Waals surface area contributed by atoms with Crippen LogP contribution in [0.3, 0.4) is 0 Å². The second-order valence-electron chi connectivity index (χ2n) is 4.23. The number of anilines is 1. The van der Waals surface area contributed by atoms with Gasteiger partial charge in [-0.2, -0.15) is 0 Å². The van der Waals surface area contributed by atoms with E-state index in [1.54, 1.807) is 29.2 Å². The molecular formula is C12H14ClN3O2. The maximum absolute atomic E-state index is 11.6. The Labute approximate surface area is 110 Å². The molecule has 5 nitrogen and oxygen atoms in total. The number of nitrogens with one attached hydrogen (secondary N) is 2. The zero-order valence-electron chi connectivity index (χ0n) is 9.94. The molecule has 6 heteroatoms. The molecule has 0 aliphatic carbocycles. The van der Waals surface area contributed by atoms with Gasteiger partial charge in [0.05, 0.1) is 6.04 Å². The van der Waals surface area contributed by atoms with Crippen molar-refractivity contribution in [3.05, 3.63) is 29.3 Å². The van der Waals surface area contributed by atoms with E-state index in [-0.39, 0.29) is 18.0 Å². The molecule has 0 spiro atoms. The molecule has 18 heavy (non-hydrogen) atoms. The minimum absolute atomic E-state index is 0.0214. The number of halogens is 1. The van der Waals surface area contributed by atoms with Gasteiger partial charge in [-0.3, -0.25) is 4.79 Å². The summed E-state index contributed by atoms with van der Waals surface area (Å²) in [5.41, 5.74) is 0.641. The Morgan fingerprint density at radius 1 is 1.39 bits per heavy atom. The lowest BCUT2D eigenvalue weighted by molar-refractivity contribution is -0.133. The van der Waals surface area contributed by atoms with Crippen molar-refractivity contribution < 1.29 is 9.59 Å². The molecule has 1 aromatic rings. The highest BCUT2D eigenvalue weighted by molar-refractivity contribution is 6.30. The first kappa shape index (κ1) is 12.7. The summed E-state index contributed by atoms with van der Waals surface area (Å²) in [4.78, 5) is 24.3. The molecule has 1 fully saturated rings. The summed E-state index contributed by atoms with van der Waals surface area (Å²) in [7, 11) is 0. The lowest BCUT2D eigenvalue weighted by atomic mass is 10.1. The minimum atomic E-state index is -0.287. The molecule has 1 aliphatic rings. The predicted octanol–water partition coefficient (Wildman–Crippen LogP) is 1.69. The summed E-state index contributed by atoms with van der Waals surface area (Å²) >= 11 is 5.81. The summed E-state index contributed by atoms with van der Waals surface area (Å²) in [5.74, 6) is 0.0308. The maximum atomic E-state index is 11.6. The number of carbonyl (C=O) groups is 2. The Kier molecular flexibility index (Phi) is 3.72.